The van der Waals surface area contributed by atoms with E-state index in [0.29, 0.717) is 6.04 Å². The van der Waals surface area contributed by atoms with E-state index >= 15 is 0 Å². The molecule has 106 valence electrons. The number of guanidine groups is 1. The first-order chi connectivity index (χ1) is 9.26. The number of unbranched alkanes of at least 4 members (excludes halogenated alkanes) is 1. The molecule has 0 saturated heterocycles. The minimum Gasteiger partial charge on any atom is -0.356 e. The third kappa shape index (κ3) is 6.85. The zero-order chi connectivity index (χ0) is 13.9. The molecule has 0 fully saturated rings. The first kappa shape index (κ1) is 15.5. The van der Waals surface area contributed by atoms with Crippen molar-refractivity contribution >= 4 is 5.96 Å². The molecule has 1 atom stereocenters. The van der Waals surface area contributed by atoms with Gasteiger partial charge in [0.15, 0.2) is 5.96 Å². The van der Waals surface area contributed by atoms with Crippen LogP contribution in [0.5, 0.6) is 0 Å². The van der Waals surface area contributed by atoms with Gasteiger partial charge in [0.05, 0.1) is 0 Å². The van der Waals surface area contributed by atoms with E-state index in [1.54, 1.807) is 0 Å². The molecule has 0 spiro atoms. The summed E-state index contributed by atoms with van der Waals surface area (Å²) in [6.07, 6.45) is 4.59. The Morgan fingerprint density at radius 2 is 2.00 bits per heavy atom. The molecule has 1 rings (SSSR count). The zero-order valence-electron chi connectivity index (χ0n) is 12.4. The smallest absolute Gasteiger partial charge is 0.191 e. The van der Waals surface area contributed by atoms with Crippen molar-refractivity contribution in [2.45, 2.75) is 45.6 Å². The second-order valence-electron chi connectivity index (χ2n) is 4.92. The number of hydrogen-bond donors (Lipinski definition) is 2. The van der Waals surface area contributed by atoms with Crippen molar-refractivity contribution in [3.8, 4) is 0 Å². The highest BCUT2D eigenvalue weighted by Crippen LogP contribution is 2.04. The van der Waals surface area contributed by atoms with Crippen molar-refractivity contribution in [2.24, 2.45) is 4.99 Å². The second kappa shape index (κ2) is 9.42. The van der Waals surface area contributed by atoms with Crippen LogP contribution in [0.2, 0.25) is 0 Å². The molecular formula is C16H27N3. The summed E-state index contributed by atoms with van der Waals surface area (Å²) in [5, 5.41) is 6.77. The number of rotatable bonds is 7. The molecule has 1 aromatic carbocycles. The summed E-state index contributed by atoms with van der Waals surface area (Å²) in [6.45, 7) is 5.39. The van der Waals surface area contributed by atoms with Crippen molar-refractivity contribution in [3.05, 3.63) is 35.9 Å². The Kier molecular flexibility index (Phi) is 7.71. The highest BCUT2D eigenvalue weighted by atomic mass is 15.2. The first-order valence-electron chi connectivity index (χ1n) is 7.27. The molecule has 0 amide bonds. The summed E-state index contributed by atoms with van der Waals surface area (Å²) in [5.74, 6) is 0.911. The van der Waals surface area contributed by atoms with E-state index in [4.69, 9.17) is 0 Å². The highest BCUT2D eigenvalue weighted by molar-refractivity contribution is 5.79. The SMILES string of the molecule is CCCCNC(=NC)NC(C)CCc1ccccc1. The van der Waals surface area contributed by atoms with Crippen LogP contribution in [0.25, 0.3) is 0 Å². The first-order valence-corrected chi connectivity index (χ1v) is 7.27. The molecule has 1 unspecified atom stereocenters. The van der Waals surface area contributed by atoms with E-state index in [0.717, 1.165) is 25.3 Å². The van der Waals surface area contributed by atoms with Gasteiger partial charge < -0.3 is 10.6 Å². The van der Waals surface area contributed by atoms with Crippen LogP contribution >= 0.6 is 0 Å². The quantitative estimate of drug-likeness (QED) is 0.450. The lowest BCUT2D eigenvalue weighted by molar-refractivity contribution is 0.590. The highest BCUT2D eigenvalue weighted by Gasteiger charge is 2.04. The summed E-state index contributed by atoms with van der Waals surface area (Å²) >= 11 is 0. The summed E-state index contributed by atoms with van der Waals surface area (Å²) < 4.78 is 0. The molecule has 0 aliphatic rings. The van der Waals surface area contributed by atoms with Crippen molar-refractivity contribution in [2.75, 3.05) is 13.6 Å². The lowest BCUT2D eigenvalue weighted by Crippen LogP contribution is -2.42. The van der Waals surface area contributed by atoms with Crippen LogP contribution < -0.4 is 10.6 Å². The van der Waals surface area contributed by atoms with Crippen LogP contribution in [0.1, 0.15) is 38.7 Å². The number of nitrogens with zero attached hydrogens (tertiary/aromatic N) is 1. The van der Waals surface area contributed by atoms with Crippen molar-refractivity contribution < 1.29 is 0 Å². The third-order valence-electron chi connectivity index (χ3n) is 3.14. The Bertz CT molecular complexity index is 360. The number of hydrogen-bond acceptors (Lipinski definition) is 1. The lowest BCUT2D eigenvalue weighted by atomic mass is 10.1. The van der Waals surface area contributed by atoms with Gasteiger partial charge in [-0.3, -0.25) is 4.99 Å². The summed E-state index contributed by atoms with van der Waals surface area (Å²) in [5.41, 5.74) is 1.39. The lowest BCUT2D eigenvalue weighted by Gasteiger charge is -2.17. The van der Waals surface area contributed by atoms with Crippen LogP contribution in [-0.4, -0.2) is 25.6 Å². The van der Waals surface area contributed by atoms with Crippen LogP contribution in [-0.2, 0) is 6.42 Å². The summed E-state index contributed by atoms with van der Waals surface area (Å²) in [7, 11) is 1.82. The van der Waals surface area contributed by atoms with Crippen LogP contribution in [0.3, 0.4) is 0 Å². The topological polar surface area (TPSA) is 36.4 Å². The minimum atomic E-state index is 0.424. The van der Waals surface area contributed by atoms with E-state index in [9.17, 15) is 0 Å². The molecule has 0 saturated carbocycles. The van der Waals surface area contributed by atoms with Crippen LogP contribution in [0.15, 0.2) is 35.3 Å². The van der Waals surface area contributed by atoms with Crippen molar-refractivity contribution in [1.29, 1.82) is 0 Å². The van der Waals surface area contributed by atoms with Gasteiger partial charge in [0.1, 0.15) is 0 Å². The molecule has 2 N–H and O–H groups in total. The van der Waals surface area contributed by atoms with Gasteiger partial charge in [-0.05, 0) is 31.7 Å². The minimum absolute atomic E-state index is 0.424. The molecule has 1 aromatic rings. The molecule has 3 heteroatoms. The molecule has 0 aromatic heterocycles. The van der Waals surface area contributed by atoms with E-state index in [-0.39, 0.29) is 0 Å². The number of benzene rings is 1. The maximum atomic E-state index is 4.25. The van der Waals surface area contributed by atoms with Crippen LogP contribution in [0, 0.1) is 0 Å². The van der Waals surface area contributed by atoms with Gasteiger partial charge in [0.2, 0.25) is 0 Å². The summed E-state index contributed by atoms with van der Waals surface area (Å²) in [4.78, 5) is 4.25. The predicted molar refractivity (Wildman–Crippen MR) is 83.6 cm³/mol. The van der Waals surface area contributed by atoms with E-state index in [1.807, 2.05) is 7.05 Å². The Morgan fingerprint density at radius 1 is 1.26 bits per heavy atom. The monoisotopic (exact) mass is 261 g/mol. The molecule has 3 nitrogen and oxygen atoms in total. The van der Waals surface area contributed by atoms with Gasteiger partial charge in [0.25, 0.3) is 0 Å². The molecule has 19 heavy (non-hydrogen) atoms. The molecule has 0 aliphatic heterocycles. The van der Waals surface area contributed by atoms with E-state index in [2.05, 4.69) is 59.8 Å². The van der Waals surface area contributed by atoms with E-state index in [1.165, 1.54) is 18.4 Å². The van der Waals surface area contributed by atoms with Crippen molar-refractivity contribution in [3.63, 3.8) is 0 Å². The summed E-state index contributed by atoms with van der Waals surface area (Å²) in [6, 6.07) is 11.0. The maximum Gasteiger partial charge on any atom is 0.191 e. The molecule has 0 bridgehead atoms. The van der Waals surface area contributed by atoms with Gasteiger partial charge >= 0.3 is 0 Å². The zero-order valence-corrected chi connectivity index (χ0v) is 12.4. The normalized spacial score (nSPS) is 13.1. The Balaban J connectivity index is 2.27. The molecule has 0 radical (unpaired) electrons. The maximum absolute atomic E-state index is 4.25. The van der Waals surface area contributed by atoms with Gasteiger partial charge in [0, 0.05) is 19.6 Å². The number of nitrogens with one attached hydrogen (secondary N) is 2. The standard InChI is InChI=1S/C16H27N3/c1-4-5-13-18-16(17-3)19-14(2)11-12-15-9-7-6-8-10-15/h6-10,14H,4-5,11-13H2,1-3H3,(H2,17,18,19). The fourth-order valence-electron chi connectivity index (χ4n) is 1.91. The largest absolute Gasteiger partial charge is 0.356 e. The van der Waals surface area contributed by atoms with Gasteiger partial charge in [-0.1, -0.05) is 43.7 Å². The Labute approximate surface area is 117 Å². The predicted octanol–water partition coefficient (Wildman–Crippen LogP) is 2.97. The van der Waals surface area contributed by atoms with Crippen molar-refractivity contribution in [1.82, 2.24) is 10.6 Å². The fourth-order valence-corrected chi connectivity index (χ4v) is 1.91. The molecule has 0 heterocycles. The Morgan fingerprint density at radius 3 is 2.63 bits per heavy atom. The average Bonchev–Trinajstić information content (AvgIpc) is 2.45. The fraction of sp³-hybridized carbons (Fsp3) is 0.562. The Hall–Kier alpha value is -1.51. The van der Waals surface area contributed by atoms with Gasteiger partial charge in [-0.15, -0.1) is 0 Å². The van der Waals surface area contributed by atoms with E-state index < -0.39 is 0 Å². The second-order valence-corrected chi connectivity index (χ2v) is 4.92. The van der Waals surface area contributed by atoms with Crippen LogP contribution in [0.4, 0.5) is 0 Å². The average molecular weight is 261 g/mol. The van der Waals surface area contributed by atoms with Gasteiger partial charge in [-0.2, -0.15) is 0 Å². The molecule has 0 aliphatic carbocycles. The van der Waals surface area contributed by atoms with Gasteiger partial charge in [-0.25, -0.2) is 0 Å². The number of aliphatic imine (C=N–C) groups is 1. The third-order valence-corrected chi connectivity index (χ3v) is 3.14. The molecular weight excluding hydrogens is 234 g/mol. The number of aryl methyl sites for hydroxylation is 1.